The van der Waals surface area contributed by atoms with Crippen molar-refractivity contribution in [3.8, 4) is 16.9 Å². The molecule has 4 rings (SSSR count). The highest BCUT2D eigenvalue weighted by molar-refractivity contribution is 9.10. The van der Waals surface area contributed by atoms with Gasteiger partial charge in [0.05, 0.1) is 15.6 Å². The average Bonchev–Trinajstić information content (AvgIpc) is 3.15. The minimum atomic E-state index is -1.17. The minimum absolute atomic E-state index is 0.0696. The van der Waals surface area contributed by atoms with Gasteiger partial charge in [-0.2, -0.15) is 0 Å². The van der Waals surface area contributed by atoms with Crippen molar-refractivity contribution in [3.63, 3.8) is 0 Å². The van der Waals surface area contributed by atoms with Crippen LogP contribution < -0.4 is 4.74 Å². The largest absolute Gasteiger partial charge is 0.488 e. The number of nitrogens with zero attached hydrogens (tertiary/aromatic N) is 3. The van der Waals surface area contributed by atoms with Gasteiger partial charge >= 0.3 is 5.97 Å². The van der Waals surface area contributed by atoms with Gasteiger partial charge in [-0.15, -0.1) is 5.10 Å². The van der Waals surface area contributed by atoms with Gasteiger partial charge in [0.2, 0.25) is 0 Å². The third-order valence-corrected chi connectivity index (χ3v) is 5.78. The molecule has 0 radical (unpaired) electrons. The Morgan fingerprint density at radius 1 is 1.12 bits per heavy atom. The highest BCUT2D eigenvalue weighted by Gasteiger charge is 2.17. The average molecular weight is 512 g/mol. The van der Waals surface area contributed by atoms with E-state index in [0.29, 0.717) is 16.9 Å². The lowest BCUT2D eigenvalue weighted by Gasteiger charge is -2.18. The first-order valence-electron chi connectivity index (χ1n) is 10.4. The maximum atomic E-state index is 13.9. The van der Waals surface area contributed by atoms with E-state index in [1.54, 1.807) is 6.07 Å². The molecule has 1 N–H and O–H groups in total. The Balaban J connectivity index is 1.56. The molecule has 0 atom stereocenters. The molecule has 1 aromatic heterocycles. The van der Waals surface area contributed by atoms with E-state index in [9.17, 15) is 14.3 Å². The molecule has 0 saturated heterocycles. The number of benzene rings is 3. The summed E-state index contributed by atoms with van der Waals surface area (Å²) >= 11 is 3.59. The van der Waals surface area contributed by atoms with Crippen LogP contribution in [0, 0.1) is 11.2 Å². The Morgan fingerprint density at radius 3 is 2.64 bits per heavy atom. The molecule has 6 nitrogen and oxygen atoms in total. The first-order chi connectivity index (χ1) is 15.6. The lowest BCUT2D eigenvalue weighted by atomic mass is 9.97. The van der Waals surface area contributed by atoms with Gasteiger partial charge < -0.3 is 9.84 Å². The molecule has 0 aliphatic carbocycles. The quantitative estimate of drug-likeness (QED) is 0.327. The van der Waals surface area contributed by atoms with Crippen molar-refractivity contribution in [2.24, 2.45) is 5.41 Å². The molecule has 8 heteroatoms. The van der Waals surface area contributed by atoms with E-state index in [-0.39, 0.29) is 17.6 Å². The summed E-state index contributed by atoms with van der Waals surface area (Å²) in [5.74, 6) is -1.13. The Hall–Kier alpha value is -3.26. The van der Waals surface area contributed by atoms with Crippen LogP contribution >= 0.6 is 15.9 Å². The Labute approximate surface area is 199 Å². The molecular formula is C25H23BrFN3O3. The van der Waals surface area contributed by atoms with Crippen LogP contribution in [0.4, 0.5) is 4.39 Å². The molecule has 1 heterocycles. The van der Waals surface area contributed by atoms with Crippen molar-refractivity contribution >= 4 is 32.9 Å². The first kappa shape index (κ1) is 22.9. The summed E-state index contributed by atoms with van der Waals surface area (Å²) in [6, 6.07) is 15.0. The Bertz CT molecular complexity index is 1340. The summed E-state index contributed by atoms with van der Waals surface area (Å²) in [6.45, 7) is 7.45. The number of carboxylic acid groups (broad SMARTS) is 1. The highest BCUT2D eigenvalue weighted by Crippen LogP contribution is 2.33. The van der Waals surface area contributed by atoms with Crippen LogP contribution in [0.5, 0.6) is 5.75 Å². The smallest absolute Gasteiger partial charge is 0.335 e. The second-order valence-electron chi connectivity index (χ2n) is 9.08. The van der Waals surface area contributed by atoms with Crippen LogP contribution in [0.1, 0.15) is 36.7 Å². The van der Waals surface area contributed by atoms with Gasteiger partial charge in [-0.1, -0.05) is 44.2 Å². The zero-order chi connectivity index (χ0) is 23.8. The fourth-order valence-corrected chi connectivity index (χ4v) is 4.07. The van der Waals surface area contributed by atoms with E-state index in [4.69, 9.17) is 4.74 Å². The molecule has 0 unspecified atom stereocenters. The van der Waals surface area contributed by atoms with Gasteiger partial charge in [0.25, 0.3) is 0 Å². The number of aromatic nitrogens is 3. The van der Waals surface area contributed by atoms with Crippen LogP contribution in [0.25, 0.3) is 22.2 Å². The van der Waals surface area contributed by atoms with Crippen molar-refractivity contribution in [3.05, 3.63) is 76.0 Å². The van der Waals surface area contributed by atoms with E-state index in [1.807, 2.05) is 35.0 Å². The molecule has 0 aliphatic rings. The third-order valence-electron chi connectivity index (χ3n) is 5.01. The van der Waals surface area contributed by atoms with Gasteiger partial charge in [0, 0.05) is 6.54 Å². The minimum Gasteiger partial charge on any atom is -0.488 e. The predicted octanol–water partition coefficient (Wildman–Crippen LogP) is 6.32. The Kier molecular flexibility index (Phi) is 6.21. The molecule has 0 aliphatic heterocycles. The fourth-order valence-electron chi connectivity index (χ4n) is 3.55. The van der Waals surface area contributed by atoms with E-state index in [1.165, 1.54) is 12.1 Å². The molecule has 0 bridgehead atoms. The molecule has 170 valence electrons. The molecule has 0 amide bonds. The SMILES string of the molecule is CC(C)(C)Cn1nnc2c(Br)c(OCc3cccc(-c4cc(F)cc(C(=O)O)c4)c3)ccc21. The van der Waals surface area contributed by atoms with E-state index in [0.717, 1.165) is 33.7 Å². The van der Waals surface area contributed by atoms with Crippen molar-refractivity contribution < 1.29 is 19.0 Å². The Morgan fingerprint density at radius 2 is 1.91 bits per heavy atom. The number of rotatable bonds is 6. The molecule has 4 aromatic rings. The number of halogens is 2. The second kappa shape index (κ2) is 8.94. The summed E-state index contributed by atoms with van der Waals surface area (Å²) in [5, 5.41) is 17.8. The van der Waals surface area contributed by atoms with E-state index < -0.39 is 11.8 Å². The molecule has 0 spiro atoms. The topological polar surface area (TPSA) is 77.2 Å². The number of ether oxygens (including phenoxy) is 1. The fraction of sp³-hybridized carbons (Fsp3) is 0.240. The summed E-state index contributed by atoms with van der Waals surface area (Å²) in [7, 11) is 0. The first-order valence-corrected chi connectivity index (χ1v) is 11.2. The lowest BCUT2D eigenvalue weighted by molar-refractivity contribution is 0.0696. The molecule has 0 saturated carbocycles. The van der Waals surface area contributed by atoms with Crippen molar-refractivity contribution in [2.45, 2.75) is 33.9 Å². The maximum absolute atomic E-state index is 13.9. The normalized spacial score (nSPS) is 11.7. The monoisotopic (exact) mass is 511 g/mol. The van der Waals surface area contributed by atoms with Gasteiger partial charge in [-0.3, -0.25) is 0 Å². The van der Waals surface area contributed by atoms with Gasteiger partial charge in [0.15, 0.2) is 0 Å². The highest BCUT2D eigenvalue weighted by atomic mass is 79.9. The van der Waals surface area contributed by atoms with Crippen LogP contribution in [0.3, 0.4) is 0 Å². The van der Waals surface area contributed by atoms with Gasteiger partial charge in [-0.05, 0) is 74.4 Å². The zero-order valence-electron chi connectivity index (χ0n) is 18.5. The lowest BCUT2D eigenvalue weighted by Crippen LogP contribution is -2.16. The standard InChI is InChI=1S/C25H23BrFN3O3/c1-25(2,3)14-30-20-7-8-21(22(26)23(20)28-29-30)33-13-15-5-4-6-16(9-15)17-10-18(24(31)32)12-19(27)11-17/h4-12H,13-14H2,1-3H3,(H,31,32). The van der Waals surface area contributed by atoms with Crippen molar-refractivity contribution in [2.75, 3.05) is 0 Å². The van der Waals surface area contributed by atoms with Crippen LogP contribution in [-0.2, 0) is 13.2 Å². The summed E-state index contributed by atoms with van der Waals surface area (Å²) in [6.07, 6.45) is 0. The number of hydrogen-bond acceptors (Lipinski definition) is 4. The summed E-state index contributed by atoms with van der Waals surface area (Å²) < 4.78 is 22.5. The molecule has 33 heavy (non-hydrogen) atoms. The summed E-state index contributed by atoms with van der Waals surface area (Å²) in [4.78, 5) is 11.3. The third kappa shape index (κ3) is 5.22. The van der Waals surface area contributed by atoms with E-state index in [2.05, 4.69) is 47.0 Å². The number of fused-ring (bicyclic) bond motifs is 1. The van der Waals surface area contributed by atoms with Gasteiger partial charge in [0.1, 0.15) is 23.7 Å². The van der Waals surface area contributed by atoms with Crippen molar-refractivity contribution in [1.29, 1.82) is 0 Å². The number of carboxylic acids is 1. The van der Waals surface area contributed by atoms with Crippen LogP contribution in [0.2, 0.25) is 0 Å². The second-order valence-corrected chi connectivity index (χ2v) is 9.87. The van der Waals surface area contributed by atoms with Crippen LogP contribution in [0.15, 0.2) is 59.1 Å². The van der Waals surface area contributed by atoms with Gasteiger partial charge in [-0.25, -0.2) is 13.9 Å². The molecule has 0 fully saturated rings. The molecular weight excluding hydrogens is 489 g/mol. The number of hydrogen-bond donors (Lipinski definition) is 1. The van der Waals surface area contributed by atoms with E-state index >= 15 is 0 Å². The number of aromatic carboxylic acids is 1. The maximum Gasteiger partial charge on any atom is 0.335 e. The van der Waals surface area contributed by atoms with Crippen molar-refractivity contribution in [1.82, 2.24) is 15.0 Å². The summed E-state index contributed by atoms with van der Waals surface area (Å²) in [5.41, 5.74) is 3.68. The zero-order valence-corrected chi connectivity index (χ0v) is 20.1. The number of carbonyl (C=O) groups is 1. The molecule has 3 aromatic carbocycles. The van der Waals surface area contributed by atoms with Crippen LogP contribution in [-0.4, -0.2) is 26.1 Å². The predicted molar refractivity (Wildman–Crippen MR) is 128 cm³/mol.